The molecular formula is C43H46N4O8. The maximum Gasteiger partial charge on any atom is 0.408 e. The number of anilines is 1. The van der Waals surface area contributed by atoms with E-state index in [0.29, 0.717) is 12.1 Å². The molecule has 0 bridgehead atoms. The third-order valence-corrected chi connectivity index (χ3v) is 9.36. The summed E-state index contributed by atoms with van der Waals surface area (Å²) in [5.41, 5.74) is 3.21. The van der Waals surface area contributed by atoms with Crippen LogP contribution in [0.15, 0.2) is 122 Å². The van der Waals surface area contributed by atoms with E-state index in [2.05, 4.69) is 29.1 Å². The Labute approximate surface area is 320 Å². The van der Waals surface area contributed by atoms with E-state index in [-0.39, 0.29) is 44.9 Å². The molecule has 4 atom stereocenters. The molecule has 1 heterocycles. The molecular weight excluding hydrogens is 700 g/mol. The summed E-state index contributed by atoms with van der Waals surface area (Å²) in [5.74, 6) is -3.46. The van der Waals surface area contributed by atoms with Crippen molar-refractivity contribution in [3.63, 3.8) is 0 Å². The average molecular weight is 747 g/mol. The van der Waals surface area contributed by atoms with Crippen LogP contribution in [-0.4, -0.2) is 71.1 Å². The number of amides is 4. The van der Waals surface area contributed by atoms with E-state index in [0.717, 1.165) is 27.5 Å². The summed E-state index contributed by atoms with van der Waals surface area (Å²) in [6.07, 6.45) is 2.45. The van der Waals surface area contributed by atoms with Crippen LogP contribution >= 0.6 is 0 Å². The molecule has 5 rings (SSSR count). The zero-order chi connectivity index (χ0) is 39.2. The van der Waals surface area contributed by atoms with Crippen LogP contribution in [0.25, 0.3) is 10.8 Å². The van der Waals surface area contributed by atoms with Crippen molar-refractivity contribution in [2.45, 2.75) is 57.0 Å². The second-order valence-electron chi connectivity index (χ2n) is 13.3. The third kappa shape index (κ3) is 11.1. The molecule has 55 heavy (non-hydrogen) atoms. The Bertz CT molecular complexity index is 2000. The molecule has 286 valence electrons. The molecule has 4 N–H and O–H groups in total. The van der Waals surface area contributed by atoms with Gasteiger partial charge in [0.05, 0.1) is 18.6 Å². The lowest BCUT2D eigenvalue weighted by Crippen LogP contribution is -2.51. The van der Waals surface area contributed by atoms with E-state index in [1.165, 1.54) is 12.2 Å². The normalized spacial score (nSPS) is 15.0. The first kappa shape index (κ1) is 39.9. The Kier molecular flexibility index (Phi) is 14.3. The molecule has 4 aromatic carbocycles. The number of allylic oxidation sites excluding steroid dienone is 1. The number of carbonyl (C=O) groups excluding carboxylic acids is 5. The Hall–Kier alpha value is -6.27. The van der Waals surface area contributed by atoms with Crippen molar-refractivity contribution in [2.24, 2.45) is 5.92 Å². The molecule has 0 fully saturated rings. The topological polar surface area (TPSA) is 163 Å². The largest absolute Gasteiger partial charge is 0.461 e. The van der Waals surface area contributed by atoms with Gasteiger partial charge in [0.1, 0.15) is 25.3 Å². The predicted molar refractivity (Wildman–Crippen MR) is 208 cm³/mol. The summed E-state index contributed by atoms with van der Waals surface area (Å²) >= 11 is 0. The van der Waals surface area contributed by atoms with Gasteiger partial charge in [-0.15, -0.1) is 13.2 Å². The van der Waals surface area contributed by atoms with E-state index in [4.69, 9.17) is 9.47 Å². The van der Waals surface area contributed by atoms with Crippen molar-refractivity contribution in [2.75, 3.05) is 18.5 Å². The van der Waals surface area contributed by atoms with Crippen LogP contribution in [0, 0.1) is 5.92 Å². The van der Waals surface area contributed by atoms with Gasteiger partial charge in [0.15, 0.2) is 0 Å². The monoisotopic (exact) mass is 746 g/mol. The van der Waals surface area contributed by atoms with Gasteiger partial charge in [-0.3, -0.25) is 14.4 Å². The summed E-state index contributed by atoms with van der Waals surface area (Å²) in [5, 5.41) is 19.9. The Morgan fingerprint density at radius 1 is 0.782 bits per heavy atom. The van der Waals surface area contributed by atoms with E-state index in [1.807, 2.05) is 60.7 Å². The minimum absolute atomic E-state index is 0.00108. The van der Waals surface area contributed by atoms with Crippen molar-refractivity contribution in [3.8, 4) is 0 Å². The number of ether oxygens (including phenoxy) is 2. The van der Waals surface area contributed by atoms with Gasteiger partial charge in [-0.25, -0.2) is 9.59 Å². The standard InChI is InChI=1S/C43H46N4O8/c1-3-12-33(24-39(49)47-25-34-19-11-10-18-32(34)23-36(47)26-48)40(50)45-38(41(51)44-35-21-20-30-16-8-9-17-31(30)22-35)28-54-42(52)37(13-4-2)46-43(53)55-27-29-14-6-5-7-15-29/h3-11,14-22,33,36-38,48H,1-2,12-13,23-28H2,(H,44,51)(H,45,50)(H,46,53)/t33-,36+,37-,38+/m1/s1. The molecule has 12 nitrogen and oxygen atoms in total. The molecule has 0 spiro atoms. The van der Waals surface area contributed by atoms with Crippen molar-refractivity contribution in [1.82, 2.24) is 15.5 Å². The average Bonchev–Trinajstić information content (AvgIpc) is 3.20. The van der Waals surface area contributed by atoms with Crippen LogP contribution < -0.4 is 16.0 Å². The smallest absolute Gasteiger partial charge is 0.408 e. The van der Waals surface area contributed by atoms with Gasteiger partial charge >= 0.3 is 12.1 Å². The zero-order valence-electron chi connectivity index (χ0n) is 30.5. The van der Waals surface area contributed by atoms with Crippen LogP contribution in [0.1, 0.15) is 36.0 Å². The number of carbonyl (C=O) groups is 5. The van der Waals surface area contributed by atoms with E-state index >= 15 is 0 Å². The number of nitrogens with zero attached hydrogens (tertiary/aromatic N) is 1. The predicted octanol–water partition coefficient (Wildman–Crippen LogP) is 5.21. The maximum absolute atomic E-state index is 13.9. The molecule has 1 aliphatic rings. The summed E-state index contributed by atoms with van der Waals surface area (Å²) in [6.45, 7) is 6.85. The third-order valence-electron chi connectivity index (χ3n) is 9.36. The first-order valence-corrected chi connectivity index (χ1v) is 18.1. The minimum Gasteiger partial charge on any atom is -0.461 e. The van der Waals surface area contributed by atoms with Gasteiger partial charge in [-0.2, -0.15) is 0 Å². The molecule has 0 aromatic heterocycles. The molecule has 0 radical (unpaired) electrons. The molecule has 4 aromatic rings. The SMILES string of the molecule is C=CC[C@H](CC(=O)N1Cc2ccccc2C[C@H]1CO)C(=O)N[C@@H](COC(=O)[C@@H](CC=C)NC(=O)OCc1ccccc1)C(=O)Nc1ccc2ccccc2c1. The van der Waals surface area contributed by atoms with Crippen LogP contribution in [0.3, 0.4) is 0 Å². The summed E-state index contributed by atoms with van der Waals surface area (Å²) in [6, 6.07) is 26.6. The number of aliphatic hydroxyl groups excluding tert-OH is 1. The van der Waals surface area contributed by atoms with Gasteiger partial charge in [0, 0.05) is 18.7 Å². The lowest BCUT2D eigenvalue weighted by molar-refractivity contribution is -0.148. The van der Waals surface area contributed by atoms with E-state index in [1.54, 1.807) is 41.3 Å². The van der Waals surface area contributed by atoms with Crippen LogP contribution in [0.2, 0.25) is 0 Å². The Morgan fingerprint density at radius 2 is 1.47 bits per heavy atom. The second-order valence-corrected chi connectivity index (χ2v) is 13.3. The quantitative estimate of drug-likeness (QED) is 0.0846. The van der Waals surface area contributed by atoms with Crippen LogP contribution in [-0.2, 0) is 48.2 Å². The van der Waals surface area contributed by atoms with Gasteiger partial charge < -0.3 is 35.4 Å². The molecule has 12 heteroatoms. The second kappa shape index (κ2) is 19.7. The summed E-state index contributed by atoms with van der Waals surface area (Å²) in [7, 11) is 0. The molecule has 0 saturated carbocycles. The molecule has 1 aliphatic heterocycles. The fourth-order valence-corrected chi connectivity index (χ4v) is 6.38. The van der Waals surface area contributed by atoms with Crippen molar-refractivity contribution >= 4 is 46.2 Å². The number of aliphatic hydroxyl groups is 1. The van der Waals surface area contributed by atoms with Crippen LogP contribution in [0.4, 0.5) is 10.5 Å². The number of nitrogens with one attached hydrogen (secondary N) is 3. The fraction of sp³-hybridized carbons (Fsp3) is 0.279. The number of alkyl carbamates (subject to hydrolysis) is 1. The maximum atomic E-state index is 13.9. The number of hydrogen-bond acceptors (Lipinski definition) is 8. The van der Waals surface area contributed by atoms with E-state index in [9.17, 15) is 29.1 Å². The van der Waals surface area contributed by atoms with Gasteiger partial charge in [-0.05, 0) is 58.9 Å². The highest BCUT2D eigenvalue weighted by Crippen LogP contribution is 2.26. The highest BCUT2D eigenvalue weighted by atomic mass is 16.6. The first-order valence-electron chi connectivity index (χ1n) is 18.1. The van der Waals surface area contributed by atoms with Crippen molar-refractivity contribution in [3.05, 3.63) is 139 Å². The van der Waals surface area contributed by atoms with Gasteiger partial charge in [0.2, 0.25) is 11.8 Å². The first-order chi connectivity index (χ1) is 26.7. The molecule has 0 saturated heterocycles. The summed E-state index contributed by atoms with van der Waals surface area (Å²) in [4.78, 5) is 68.8. The lowest BCUT2D eigenvalue weighted by atomic mass is 9.92. The van der Waals surface area contributed by atoms with Gasteiger partial charge in [-0.1, -0.05) is 97.1 Å². The van der Waals surface area contributed by atoms with Crippen LogP contribution in [0.5, 0.6) is 0 Å². The Balaban J connectivity index is 1.29. The molecule has 0 unspecified atom stereocenters. The number of hydrogen-bond donors (Lipinski definition) is 4. The summed E-state index contributed by atoms with van der Waals surface area (Å²) < 4.78 is 10.8. The Morgan fingerprint density at radius 3 is 2.20 bits per heavy atom. The highest BCUT2D eigenvalue weighted by molar-refractivity contribution is 6.00. The van der Waals surface area contributed by atoms with E-state index < -0.39 is 54.5 Å². The highest BCUT2D eigenvalue weighted by Gasteiger charge is 2.34. The lowest BCUT2D eigenvalue weighted by Gasteiger charge is -2.36. The van der Waals surface area contributed by atoms with Gasteiger partial charge in [0.25, 0.3) is 5.91 Å². The fourth-order valence-electron chi connectivity index (χ4n) is 6.38. The number of esters is 1. The minimum atomic E-state index is -1.40. The van der Waals surface area contributed by atoms with Crippen molar-refractivity contribution < 1.29 is 38.6 Å². The zero-order valence-corrected chi connectivity index (χ0v) is 30.5. The molecule has 0 aliphatic carbocycles. The number of rotatable bonds is 17. The number of fused-ring (bicyclic) bond motifs is 2. The molecule has 4 amide bonds. The number of benzene rings is 4. The van der Waals surface area contributed by atoms with Crippen molar-refractivity contribution in [1.29, 1.82) is 0 Å².